The molecule has 8 heteroatoms. The lowest BCUT2D eigenvalue weighted by Gasteiger charge is -2.24. The molecule has 0 saturated carbocycles. The molecule has 1 fully saturated rings. The Morgan fingerprint density at radius 3 is 2.41 bits per heavy atom. The van der Waals surface area contributed by atoms with Crippen molar-refractivity contribution in [2.45, 2.75) is 58.3 Å². The second-order valence-corrected chi connectivity index (χ2v) is 10.6. The molecule has 0 radical (unpaired) electrons. The Labute approximate surface area is 218 Å². The fraction of sp³-hybridized carbons (Fsp3) is 0.448. The molecule has 2 aromatic rings. The number of hydrogen-bond acceptors (Lipinski definition) is 6. The molecule has 4 rings (SSSR count). The number of carbonyl (C=O) groups excluding carboxylic acids is 1. The van der Waals surface area contributed by atoms with Crippen molar-refractivity contribution in [2.75, 3.05) is 19.7 Å². The predicted octanol–water partition coefficient (Wildman–Crippen LogP) is 5.43. The Balaban J connectivity index is 1.32. The highest BCUT2D eigenvalue weighted by Gasteiger charge is 2.39. The number of aliphatic carboxylic acids is 1. The number of carbonyl (C=O) groups is 2. The minimum Gasteiger partial charge on any atom is -0.493 e. The van der Waals surface area contributed by atoms with E-state index in [1.54, 1.807) is 4.90 Å². The van der Waals surface area contributed by atoms with Crippen molar-refractivity contribution in [3.63, 3.8) is 0 Å². The van der Waals surface area contributed by atoms with Gasteiger partial charge in [0.15, 0.2) is 6.23 Å². The molecular weight excluding hydrogens is 472 g/mol. The molecule has 0 aliphatic carbocycles. The van der Waals surface area contributed by atoms with Gasteiger partial charge in [-0.25, -0.2) is 4.79 Å². The zero-order valence-corrected chi connectivity index (χ0v) is 21.9. The van der Waals surface area contributed by atoms with Crippen LogP contribution in [0.1, 0.15) is 63.8 Å². The van der Waals surface area contributed by atoms with Gasteiger partial charge in [0.2, 0.25) is 0 Å². The van der Waals surface area contributed by atoms with Crippen LogP contribution in [0.5, 0.6) is 5.75 Å². The number of carboxylic acids is 1. The van der Waals surface area contributed by atoms with Crippen LogP contribution in [0, 0.1) is 5.92 Å². The fourth-order valence-corrected chi connectivity index (χ4v) is 4.80. The van der Waals surface area contributed by atoms with Crippen LogP contribution in [0.4, 0.5) is 4.79 Å². The number of benzene rings is 2. The van der Waals surface area contributed by atoms with E-state index in [9.17, 15) is 14.7 Å². The van der Waals surface area contributed by atoms with E-state index < -0.39 is 17.7 Å². The highest BCUT2D eigenvalue weighted by atomic mass is 16.6. The summed E-state index contributed by atoms with van der Waals surface area (Å²) in [6, 6.07) is 17.7. The van der Waals surface area contributed by atoms with Crippen LogP contribution in [0.3, 0.4) is 0 Å². The van der Waals surface area contributed by atoms with Gasteiger partial charge in [-0.15, -0.1) is 0 Å². The molecule has 0 aromatic heterocycles. The van der Waals surface area contributed by atoms with Gasteiger partial charge in [-0.3, -0.25) is 4.79 Å². The van der Waals surface area contributed by atoms with E-state index in [2.05, 4.69) is 5.32 Å². The van der Waals surface area contributed by atoms with Crippen molar-refractivity contribution in [2.24, 2.45) is 5.92 Å². The smallest absolute Gasteiger partial charge is 0.410 e. The van der Waals surface area contributed by atoms with E-state index in [-0.39, 0.29) is 24.5 Å². The molecule has 2 aliphatic heterocycles. The summed E-state index contributed by atoms with van der Waals surface area (Å²) in [6.45, 7) is 8.69. The second kappa shape index (κ2) is 11.2. The highest BCUT2D eigenvalue weighted by Crippen LogP contribution is 2.36. The van der Waals surface area contributed by atoms with Gasteiger partial charge < -0.3 is 29.5 Å². The first kappa shape index (κ1) is 26.4. The average Bonchev–Trinajstić information content (AvgIpc) is 3.42. The molecule has 37 heavy (non-hydrogen) atoms. The number of nitrogens with zero attached hydrogens (tertiary/aromatic N) is 1. The van der Waals surface area contributed by atoms with Crippen molar-refractivity contribution in [1.82, 2.24) is 10.2 Å². The lowest BCUT2D eigenvalue weighted by atomic mass is 9.87. The van der Waals surface area contributed by atoms with E-state index >= 15 is 0 Å². The molecular formula is C29H36N2O6. The lowest BCUT2D eigenvalue weighted by molar-refractivity contribution is -0.138. The molecule has 2 aromatic carbocycles. The lowest BCUT2D eigenvalue weighted by Crippen LogP contribution is -2.35. The van der Waals surface area contributed by atoms with Crippen LogP contribution >= 0.6 is 0 Å². The summed E-state index contributed by atoms with van der Waals surface area (Å²) in [5.41, 5.74) is 2.48. The molecule has 0 spiro atoms. The standard InChI is InChI=1S/C29H36N2O6/c1-19-25(30-27(36-19)21-8-6-5-7-9-21)14-15-35-23-12-10-20(11-13-23)24-18-31(17-22(24)16-26(32)33)28(34)37-29(2,3)4/h5-13,22,24,27,30H,14-18H2,1-4H3,(H,32,33)/t22-,24-,27?/m0/s1. The van der Waals surface area contributed by atoms with Gasteiger partial charge in [0.1, 0.15) is 17.1 Å². The van der Waals surface area contributed by atoms with Gasteiger partial charge in [0, 0.05) is 31.0 Å². The zero-order chi connectivity index (χ0) is 26.6. The number of amides is 1. The van der Waals surface area contributed by atoms with Crippen LogP contribution in [0.25, 0.3) is 0 Å². The van der Waals surface area contributed by atoms with Gasteiger partial charge in [-0.2, -0.15) is 0 Å². The van der Waals surface area contributed by atoms with Gasteiger partial charge in [-0.1, -0.05) is 42.5 Å². The summed E-state index contributed by atoms with van der Waals surface area (Å²) in [6.07, 6.45) is 0.0932. The van der Waals surface area contributed by atoms with Crippen LogP contribution in [-0.2, 0) is 14.3 Å². The third-order valence-electron chi connectivity index (χ3n) is 6.59. The molecule has 8 nitrogen and oxygen atoms in total. The number of carboxylic acid groups (broad SMARTS) is 1. The normalized spacial score (nSPS) is 21.4. The number of likely N-dealkylation sites (tertiary alicyclic amines) is 1. The van der Waals surface area contributed by atoms with Gasteiger partial charge in [0.05, 0.1) is 18.7 Å². The van der Waals surface area contributed by atoms with Crippen molar-refractivity contribution in [1.29, 1.82) is 0 Å². The third kappa shape index (κ3) is 6.96. The van der Waals surface area contributed by atoms with Crippen molar-refractivity contribution in [3.05, 3.63) is 77.2 Å². The number of ether oxygens (including phenoxy) is 3. The summed E-state index contributed by atoms with van der Waals surface area (Å²) in [5, 5.41) is 12.8. The zero-order valence-electron chi connectivity index (χ0n) is 21.9. The number of allylic oxidation sites excluding steroid dienone is 1. The molecule has 1 saturated heterocycles. The molecule has 2 aliphatic rings. The largest absolute Gasteiger partial charge is 0.493 e. The summed E-state index contributed by atoms with van der Waals surface area (Å²) in [5.74, 6) is 0.466. The highest BCUT2D eigenvalue weighted by molar-refractivity contribution is 5.70. The monoisotopic (exact) mass is 508 g/mol. The van der Waals surface area contributed by atoms with E-state index in [4.69, 9.17) is 14.2 Å². The SMILES string of the molecule is CC1=C(CCOc2ccc([C@@H]3CN(C(=O)OC(C)(C)C)C[C@@H]3CC(=O)O)cc2)NC(c2ccccc2)O1. The van der Waals surface area contributed by atoms with Gasteiger partial charge in [-0.05, 0) is 51.3 Å². The van der Waals surface area contributed by atoms with E-state index in [1.807, 2.05) is 82.3 Å². The maximum atomic E-state index is 12.6. The molecule has 1 amide bonds. The summed E-state index contributed by atoms with van der Waals surface area (Å²) >= 11 is 0. The number of hydrogen-bond donors (Lipinski definition) is 2. The van der Waals surface area contributed by atoms with E-state index in [0.717, 1.165) is 28.3 Å². The van der Waals surface area contributed by atoms with Gasteiger partial charge in [0.25, 0.3) is 0 Å². The average molecular weight is 509 g/mol. The van der Waals surface area contributed by atoms with Crippen LogP contribution in [0.15, 0.2) is 66.1 Å². The summed E-state index contributed by atoms with van der Waals surface area (Å²) in [4.78, 5) is 25.7. The Morgan fingerprint density at radius 1 is 1.05 bits per heavy atom. The van der Waals surface area contributed by atoms with Crippen LogP contribution < -0.4 is 10.1 Å². The second-order valence-electron chi connectivity index (χ2n) is 10.6. The molecule has 2 heterocycles. The summed E-state index contributed by atoms with van der Waals surface area (Å²) < 4.78 is 17.4. The first-order valence-electron chi connectivity index (χ1n) is 12.7. The number of nitrogens with one attached hydrogen (secondary N) is 1. The quantitative estimate of drug-likeness (QED) is 0.491. The summed E-state index contributed by atoms with van der Waals surface area (Å²) in [7, 11) is 0. The maximum absolute atomic E-state index is 12.6. The minimum absolute atomic E-state index is 0.00424. The van der Waals surface area contributed by atoms with E-state index in [1.165, 1.54) is 0 Å². The molecule has 0 bridgehead atoms. The third-order valence-corrected chi connectivity index (χ3v) is 6.59. The molecule has 1 unspecified atom stereocenters. The molecule has 2 N–H and O–H groups in total. The van der Waals surface area contributed by atoms with Crippen molar-refractivity contribution in [3.8, 4) is 5.75 Å². The predicted molar refractivity (Wildman–Crippen MR) is 139 cm³/mol. The first-order chi connectivity index (χ1) is 17.6. The Bertz CT molecular complexity index is 1120. The van der Waals surface area contributed by atoms with Crippen molar-refractivity contribution < 1.29 is 28.9 Å². The molecule has 3 atom stereocenters. The van der Waals surface area contributed by atoms with Crippen LogP contribution in [0.2, 0.25) is 0 Å². The first-order valence-corrected chi connectivity index (χ1v) is 12.7. The van der Waals surface area contributed by atoms with Crippen molar-refractivity contribution >= 4 is 12.1 Å². The van der Waals surface area contributed by atoms with Crippen LogP contribution in [-0.4, -0.2) is 47.4 Å². The maximum Gasteiger partial charge on any atom is 0.410 e. The number of rotatable bonds is 8. The molecule has 198 valence electrons. The Hall–Kier alpha value is -3.68. The fourth-order valence-electron chi connectivity index (χ4n) is 4.80. The minimum atomic E-state index is -0.871. The Kier molecular flexibility index (Phi) is 7.95. The topological polar surface area (TPSA) is 97.3 Å². The Morgan fingerprint density at radius 2 is 1.76 bits per heavy atom. The van der Waals surface area contributed by atoms with E-state index in [0.29, 0.717) is 26.1 Å². The van der Waals surface area contributed by atoms with Gasteiger partial charge >= 0.3 is 12.1 Å².